The summed E-state index contributed by atoms with van der Waals surface area (Å²) >= 11 is 1.26. The van der Waals surface area contributed by atoms with Crippen molar-refractivity contribution in [1.29, 1.82) is 0 Å². The van der Waals surface area contributed by atoms with Crippen LogP contribution in [0.4, 0.5) is 5.69 Å². The molecule has 7 heteroatoms. The van der Waals surface area contributed by atoms with Crippen molar-refractivity contribution in [2.24, 2.45) is 0 Å². The number of carbonyl (C=O) groups excluding carboxylic acids is 2. The number of Topliss-reactive ketones (excluding diaryl/α,β-unsaturated/α-hetero) is 1. The molecule has 1 aliphatic heterocycles. The molecule has 37 heavy (non-hydrogen) atoms. The lowest BCUT2D eigenvalue weighted by molar-refractivity contribution is -0.117. The molecule has 0 bridgehead atoms. The van der Waals surface area contributed by atoms with E-state index in [4.69, 9.17) is 4.74 Å². The Morgan fingerprint density at radius 2 is 1.76 bits per heavy atom. The lowest BCUT2D eigenvalue weighted by Gasteiger charge is -2.27. The lowest BCUT2D eigenvalue weighted by atomic mass is 9.94. The molecular formula is C30H26N2O4S. The number of aromatic nitrogens is 1. The first-order valence-corrected chi connectivity index (χ1v) is 12.8. The van der Waals surface area contributed by atoms with E-state index in [1.807, 2.05) is 68.4 Å². The third-order valence-corrected chi connectivity index (χ3v) is 7.47. The van der Waals surface area contributed by atoms with E-state index in [2.05, 4.69) is 4.98 Å². The van der Waals surface area contributed by atoms with Gasteiger partial charge in [0.2, 0.25) is 5.78 Å². The van der Waals surface area contributed by atoms with Crippen molar-refractivity contribution < 1.29 is 19.4 Å². The molecule has 4 aromatic rings. The summed E-state index contributed by atoms with van der Waals surface area (Å²) < 4.78 is 5.54. The highest BCUT2D eigenvalue weighted by Crippen LogP contribution is 2.43. The zero-order valence-corrected chi connectivity index (χ0v) is 21.6. The molecule has 0 fully saturated rings. The highest BCUT2D eigenvalue weighted by Gasteiger charge is 2.45. The predicted octanol–water partition coefficient (Wildman–Crippen LogP) is 6.61. The molecule has 3 aromatic carbocycles. The topological polar surface area (TPSA) is 79.7 Å². The Labute approximate surface area is 219 Å². The van der Waals surface area contributed by atoms with E-state index in [0.717, 1.165) is 16.7 Å². The molecule has 1 unspecified atom stereocenters. The molecule has 5 rings (SSSR count). The van der Waals surface area contributed by atoms with E-state index in [0.29, 0.717) is 33.6 Å². The third kappa shape index (κ3) is 4.54. The Bertz CT molecular complexity index is 1510. The average molecular weight is 511 g/mol. The van der Waals surface area contributed by atoms with Crippen molar-refractivity contribution in [3.05, 3.63) is 112 Å². The maximum absolute atomic E-state index is 14.0. The Hall–Kier alpha value is -4.23. The van der Waals surface area contributed by atoms with Crippen LogP contribution in [0.2, 0.25) is 0 Å². The van der Waals surface area contributed by atoms with Crippen LogP contribution >= 0.6 is 11.3 Å². The van der Waals surface area contributed by atoms with E-state index >= 15 is 0 Å². The zero-order valence-electron chi connectivity index (χ0n) is 20.8. The van der Waals surface area contributed by atoms with Gasteiger partial charge < -0.3 is 9.84 Å². The molecule has 0 saturated heterocycles. The van der Waals surface area contributed by atoms with Crippen molar-refractivity contribution in [2.75, 3.05) is 11.5 Å². The molecule has 6 nitrogen and oxygen atoms in total. The number of ketones is 1. The number of thiazole rings is 1. The van der Waals surface area contributed by atoms with Gasteiger partial charge in [0.15, 0.2) is 5.76 Å². The lowest BCUT2D eigenvalue weighted by Crippen LogP contribution is -2.31. The minimum atomic E-state index is -0.792. The Kier molecular flexibility index (Phi) is 6.63. The van der Waals surface area contributed by atoms with E-state index in [-0.39, 0.29) is 5.57 Å². The molecule has 0 saturated carbocycles. The van der Waals surface area contributed by atoms with Gasteiger partial charge in [0.25, 0.3) is 5.91 Å². The Balaban J connectivity index is 1.61. The van der Waals surface area contributed by atoms with E-state index in [1.165, 1.54) is 16.2 Å². The van der Waals surface area contributed by atoms with Crippen molar-refractivity contribution in [2.45, 2.75) is 26.8 Å². The minimum Gasteiger partial charge on any atom is -0.503 e. The van der Waals surface area contributed by atoms with Crippen molar-refractivity contribution in [3.8, 4) is 16.3 Å². The van der Waals surface area contributed by atoms with Gasteiger partial charge in [0.1, 0.15) is 10.8 Å². The van der Waals surface area contributed by atoms with Crippen molar-refractivity contribution in [3.63, 3.8) is 0 Å². The predicted molar refractivity (Wildman–Crippen MR) is 145 cm³/mol. The van der Waals surface area contributed by atoms with Gasteiger partial charge in [-0.1, -0.05) is 60.2 Å². The number of hydrogen-bond donors (Lipinski definition) is 1. The van der Waals surface area contributed by atoms with Crippen LogP contribution in [-0.4, -0.2) is 28.4 Å². The number of ether oxygens (including phenoxy) is 1. The SMILES string of the molecule is CCOc1ccc(N2C(=O)C(O)=C(C(=O)c3sc(-c4ccccc4)nc3C)C2c2cccc(C)c2)cc1. The van der Waals surface area contributed by atoms with Crippen LogP contribution in [0.3, 0.4) is 0 Å². The van der Waals surface area contributed by atoms with Crippen molar-refractivity contribution in [1.82, 2.24) is 4.98 Å². The maximum atomic E-state index is 14.0. The molecule has 186 valence electrons. The molecule has 0 radical (unpaired) electrons. The van der Waals surface area contributed by atoms with Gasteiger partial charge in [-0.05, 0) is 50.6 Å². The summed E-state index contributed by atoms with van der Waals surface area (Å²) in [6, 6.07) is 23.5. The van der Waals surface area contributed by atoms with Crippen LogP contribution in [0.15, 0.2) is 90.2 Å². The second-order valence-electron chi connectivity index (χ2n) is 8.81. The van der Waals surface area contributed by atoms with Crippen LogP contribution in [0.5, 0.6) is 5.75 Å². The average Bonchev–Trinajstić information content (AvgIpc) is 3.42. The molecule has 0 aliphatic carbocycles. The molecule has 0 spiro atoms. The summed E-state index contributed by atoms with van der Waals surface area (Å²) in [5.74, 6) is -0.890. The van der Waals surface area contributed by atoms with Crippen LogP contribution in [0.1, 0.15) is 39.5 Å². The first-order valence-electron chi connectivity index (χ1n) is 12.0. The molecule has 1 aliphatic rings. The van der Waals surface area contributed by atoms with Crippen LogP contribution in [-0.2, 0) is 4.79 Å². The number of anilines is 1. The van der Waals surface area contributed by atoms with Crippen molar-refractivity contribution >= 4 is 28.7 Å². The molecular weight excluding hydrogens is 484 g/mol. The number of benzene rings is 3. The second kappa shape index (κ2) is 10.0. The third-order valence-electron chi connectivity index (χ3n) is 6.26. The van der Waals surface area contributed by atoms with Gasteiger partial charge in [-0.3, -0.25) is 14.5 Å². The number of nitrogens with zero attached hydrogens (tertiary/aromatic N) is 2. The summed E-state index contributed by atoms with van der Waals surface area (Å²) in [5, 5.41) is 11.8. The van der Waals surface area contributed by atoms with Gasteiger partial charge in [-0.15, -0.1) is 11.3 Å². The molecule has 2 heterocycles. The number of hydrogen-bond acceptors (Lipinski definition) is 6. The minimum absolute atomic E-state index is 0.0517. The summed E-state index contributed by atoms with van der Waals surface area (Å²) in [6.45, 7) is 6.15. The fourth-order valence-electron chi connectivity index (χ4n) is 4.56. The van der Waals surface area contributed by atoms with Gasteiger partial charge >= 0.3 is 0 Å². The number of carbonyl (C=O) groups is 2. The largest absolute Gasteiger partial charge is 0.503 e. The first kappa shape index (κ1) is 24.5. The monoisotopic (exact) mass is 510 g/mol. The van der Waals surface area contributed by atoms with E-state index in [1.54, 1.807) is 31.2 Å². The first-order chi connectivity index (χ1) is 17.9. The van der Waals surface area contributed by atoms with Gasteiger partial charge in [-0.2, -0.15) is 0 Å². The number of aliphatic hydroxyl groups excluding tert-OH is 1. The van der Waals surface area contributed by atoms with Gasteiger partial charge in [-0.25, -0.2) is 4.98 Å². The van der Waals surface area contributed by atoms with Gasteiger partial charge in [0, 0.05) is 11.3 Å². The fraction of sp³-hybridized carbons (Fsp3) is 0.167. The summed E-state index contributed by atoms with van der Waals surface area (Å²) in [5.41, 5.74) is 3.79. The standard InChI is InChI=1S/C30H26N2O4S/c1-4-36-23-15-13-22(14-16-23)32-25(21-12-8-9-18(2)17-21)24(27(34)30(32)35)26(33)28-19(3)31-29(37-28)20-10-6-5-7-11-20/h5-17,25,34H,4H2,1-3H3. The highest BCUT2D eigenvalue weighted by atomic mass is 32.1. The summed E-state index contributed by atoms with van der Waals surface area (Å²) in [7, 11) is 0. The molecule has 1 atom stereocenters. The fourth-order valence-corrected chi connectivity index (χ4v) is 5.59. The van der Waals surface area contributed by atoms with Crippen LogP contribution in [0, 0.1) is 13.8 Å². The zero-order chi connectivity index (χ0) is 26.1. The summed E-state index contributed by atoms with van der Waals surface area (Å²) in [4.78, 5) is 34.0. The van der Waals surface area contributed by atoms with E-state index < -0.39 is 23.5 Å². The molecule has 1 amide bonds. The van der Waals surface area contributed by atoms with Crippen LogP contribution < -0.4 is 9.64 Å². The maximum Gasteiger partial charge on any atom is 0.294 e. The Morgan fingerprint density at radius 1 is 1.03 bits per heavy atom. The smallest absolute Gasteiger partial charge is 0.294 e. The normalized spacial score (nSPS) is 15.4. The summed E-state index contributed by atoms with van der Waals surface area (Å²) in [6.07, 6.45) is 0. The number of aryl methyl sites for hydroxylation is 2. The van der Waals surface area contributed by atoms with E-state index in [9.17, 15) is 14.7 Å². The highest BCUT2D eigenvalue weighted by molar-refractivity contribution is 7.17. The molecule has 1 N–H and O–H groups in total. The quantitative estimate of drug-likeness (QED) is 0.283. The second-order valence-corrected chi connectivity index (χ2v) is 9.81. The Morgan fingerprint density at radius 3 is 2.43 bits per heavy atom. The van der Waals surface area contributed by atoms with Gasteiger partial charge in [0.05, 0.1) is 28.8 Å². The molecule has 1 aromatic heterocycles. The number of aliphatic hydroxyl groups is 1. The number of rotatable bonds is 7. The van der Waals surface area contributed by atoms with Crippen LogP contribution in [0.25, 0.3) is 10.6 Å². The number of amides is 1.